The smallest absolute Gasteiger partial charge is 0.309 e. The number of allylic oxidation sites excluding steroid dienone is 1. The number of benzene rings is 1. The number of fused-ring (bicyclic) bond motifs is 4. The minimum atomic E-state index is -0.581. The van der Waals surface area contributed by atoms with Gasteiger partial charge in [0.15, 0.2) is 5.82 Å². The number of amides is 2. The van der Waals surface area contributed by atoms with Gasteiger partial charge in [0.05, 0.1) is 30.3 Å². The van der Waals surface area contributed by atoms with Crippen molar-refractivity contribution in [2.24, 2.45) is 0 Å². The van der Waals surface area contributed by atoms with Gasteiger partial charge in [0.25, 0.3) is 0 Å². The molecule has 0 saturated heterocycles. The van der Waals surface area contributed by atoms with Gasteiger partial charge >= 0.3 is 5.97 Å². The van der Waals surface area contributed by atoms with Crippen LogP contribution in [0.25, 0.3) is 23.2 Å². The fourth-order valence-electron chi connectivity index (χ4n) is 4.38. The molecule has 1 atom stereocenters. The average molecular weight is 622 g/mol. The Kier molecular flexibility index (Phi) is 9.23. The zero-order valence-electron chi connectivity index (χ0n) is 22.8. The molecule has 5 rings (SSSR count). The SMILES string of the molecule is COC(=O)Cc1ccc2c(c1)NC(=O)CC/C=C/C[C@H](NC(=O)/C=C/c1cc(Cl)cnc1-n1cnnn1)c1nc-2c(Cl)[nH]1. The van der Waals surface area contributed by atoms with E-state index in [1.807, 2.05) is 12.2 Å². The number of esters is 1. The number of aromatic amines is 1. The first-order valence-electron chi connectivity index (χ1n) is 13.1. The van der Waals surface area contributed by atoms with Crippen molar-refractivity contribution in [2.45, 2.75) is 31.7 Å². The summed E-state index contributed by atoms with van der Waals surface area (Å²) < 4.78 is 6.13. The Balaban J connectivity index is 1.44. The highest BCUT2D eigenvalue weighted by Gasteiger charge is 2.22. The molecule has 4 aromatic rings. The highest BCUT2D eigenvalue weighted by molar-refractivity contribution is 6.32. The van der Waals surface area contributed by atoms with Crippen LogP contribution < -0.4 is 10.6 Å². The Labute approximate surface area is 255 Å². The first kappa shape index (κ1) is 29.6. The lowest BCUT2D eigenvalue weighted by atomic mass is 10.0. The molecule has 3 aromatic heterocycles. The van der Waals surface area contributed by atoms with E-state index >= 15 is 0 Å². The number of imidazole rings is 1. The topological polar surface area (TPSA) is 170 Å². The first-order chi connectivity index (χ1) is 20.8. The highest BCUT2D eigenvalue weighted by atomic mass is 35.5. The third-order valence-electron chi connectivity index (χ3n) is 6.43. The highest BCUT2D eigenvalue weighted by Crippen LogP contribution is 2.35. The van der Waals surface area contributed by atoms with E-state index in [0.717, 1.165) is 0 Å². The van der Waals surface area contributed by atoms with Crippen molar-refractivity contribution in [2.75, 3.05) is 12.4 Å². The maximum absolute atomic E-state index is 13.1. The van der Waals surface area contributed by atoms with E-state index in [1.165, 1.54) is 30.4 Å². The van der Waals surface area contributed by atoms with Gasteiger partial charge in [-0.2, -0.15) is 4.68 Å². The van der Waals surface area contributed by atoms with Crippen LogP contribution in [0.15, 0.2) is 55.0 Å². The zero-order chi connectivity index (χ0) is 30.3. The summed E-state index contributed by atoms with van der Waals surface area (Å²) in [6.45, 7) is 0. The number of hydrogen-bond donors (Lipinski definition) is 3. The number of ether oxygens (including phenoxy) is 1. The minimum absolute atomic E-state index is 0.0338. The van der Waals surface area contributed by atoms with Crippen LogP contribution >= 0.6 is 23.2 Å². The Bertz CT molecular complexity index is 1720. The number of anilines is 1. The van der Waals surface area contributed by atoms with Gasteiger partial charge in [-0.25, -0.2) is 9.97 Å². The maximum Gasteiger partial charge on any atom is 0.309 e. The summed E-state index contributed by atoms with van der Waals surface area (Å²) >= 11 is 12.7. The van der Waals surface area contributed by atoms with Gasteiger partial charge in [-0.05, 0) is 47.0 Å². The summed E-state index contributed by atoms with van der Waals surface area (Å²) in [6, 6.07) is 6.23. The molecule has 1 aliphatic heterocycles. The van der Waals surface area contributed by atoms with E-state index in [2.05, 4.69) is 36.1 Å². The number of methoxy groups -OCH3 is 1. The van der Waals surface area contributed by atoms with Crippen molar-refractivity contribution in [3.05, 3.63) is 82.1 Å². The molecule has 0 fully saturated rings. The maximum atomic E-state index is 13.1. The number of nitrogens with one attached hydrogen (secondary N) is 3. The number of carbonyl (C=O) groups is 3. The number of hydrogen-bond acceptors (Lipinski definition) is 9. The predicted octanol–water partition coefficient (Wildman–Crippen LogP) is 4.02. The van der Waals surface area contributed by atoms with Gasteiger partial charge < -0.3 is 20.4 Å². The number of halogens is 2. The number of rotatable bonds is 6. The van der Waals surface area contributed by atoms with Crippen LogP contribution in [-0.4, -0.2) is 60.1 Å². The molecule has 43 heavy (non-hydrogen) atoms. The van der Waals surface area contributed by atoms with Crippen LogP contribution in [0, 0.1) is 0 Å². The number of aromatic nitrogens is 7. The Morgan fingerprint density at radius 2 is 2.09 bits per heavy atom. The second-order valence-corrected chi connectivity index (χ2v) is 10.2. The number of pyridine rings is 1. The lowest BCUT2D eigenvalue weighted by molar-refractivity contribution is -0.139. The van der Waals surface area contributed by atoms with Crippen LogP contribution in [0.5, 0.6) is 0 Å². The van der Waals surface area contributed by atoms with Gasteiger partial charge in [0.2, 0.25) is 11.8 Å². The number of nitrogens with zero attached hydrogens (tertiary/aromatic N) is 6. The summed E-state index contributed by atoms with van der Waals surface area (Å²) in [6.07, 6.45) is 10.6. The molecule has 13 nitrogen and oxygen atoms in total. The molecular weight excluding hydrogens is 597 g/mol. The third kappa shape index (κ3) is 7.31. The molecule has 1 aromatic carbocycles. The van der Waals surface area contributed by atoms with E-state index in [-0.39, 0.29) is 23.9 Å². The zero-order valence-corrected chi connectivity index (χ0v) is 24.3. The lowest BCUT2D eigenvalue weighted by Crippen LogP contribution is -2.27. The second kappa shape index (κ2) is 13.4. The Morgan fingerprint density at radius 3 is 2.88 bits per heavy atom. The average Bonchev–Trinajstić information content (AvgIpc) is 3.65. The number of H-pyrrole nitrogens is 1. The Hall–Kier alpha value is -4.88. The van der Waals surface area contributed by atoms with E-state index in [9.17, 15) is 14.4 Å². The summed E-state index contributed by atoms with van der Waals surface area (Å²) in [5.41, 5.74) is 2.55. The molecule has 0 saturated carbocycles. The standard InChI is InChI=1S/C28H25Cl2N9O4/c1-43-24(42)12-16-7-9-19-21(11-16)34-22(40)6-4-2-3-5-20(27-35-25(19)26(30)36-27)33-23(41)10-8-17-13-18(29)14-31-28(17)39-15-32-37-38-39/h2-3,7-11,13-15,20H,4-6,12H2,1H3,(H,33,41)(H,34,40)(H,35,36)/b3-2+,10-8+/t20-/m0/s1. The molecular formula is C28H25Cl2N9O4. The van der Waals surface area contributed by atoms with E-state index in [1.54, 1.807) is 30.3 Å². The first-order valence-corrected chi connectivity index (χ1v) is 13.8. The van der Waals surface area contributed by atoms with Gasteiger partial charge in [0, 0.05) is 29.8 Å². The monoisotopic (exact) mass is 621 g/mol. The van der Waals surface area contributed by atoms with Crippen molar-refractivity contribution in [3.8, 4) is 17.1 Å². The number of tetrazole rings is 1. The molecule has 3 N–H and O–H groups in total. The van der Waals surface area contributed by atoms with Gasteiger partial charge in [-0.1, -0.05) is 47.5 Å². The minimum Gasteiger partial charge on any atom is -0.469 e. The van der Waals surface area contributed by atoms with Gasteiger partial charge in [0.1, 0.15) is 23.0 Å². The molecule has 2 bridgehead atoms. The molecule has 15 heteroatoms. The summed E-state index contributed by atoms with van der Waals surface area (Å²) in [5.74, 6) is -0.224. The molecule has 0 spiro atoms. The van der Waals surface area contributed by atoms with Crippen LogP contribution in [0.2, 0.25) is 10.2 Å². The molecule has 2 amide bonds. The van der Waals surface area contributed by atoms with Crippen LogP contribution in [-0.2, 0) is 25.5 Å². The van der Waals surface area contributed by atoms with Gasteiger partial charge in [-0.3, -0.25) is 14.4 Å². The fraction of sp³-hybridized carbons (Fsp3) is 0.214. The lowest BCUT2D eigenvalue weighted by Gasteiger charge is -2.14. The molecule has 0 radical (unpaired) electrons. The van der Waals surface area contributed by atoms with E-state index in [0.29, 0.717) is 57.6 Å². The van der Waals surface area contributed by atoms with Crippen molar-refractivity contribution < 1.29 is 19.1 Å². The summed E-state index contributed by atoms with van der Waals surface area (Å²) in [5, 5.41) is 17.6. The summed E-state index contributed by atoms with van der Waals surface area (Å²) in [4.78, 5) is 49.7. The summed E-state index contributed by atoms with van der Waals surface area (Å²) in [7, 11) is 1.31. The molecule has 220 valence electrons. The quantitative estimate of drug-likeness (QED) is 0.163. The van der Waals surface area contributed by atoms with Crippen LogP contribution in [0.4, 0.5) is 5.69 Å². The molecule has 0 unspecified atom stereocenters. The largest absolute Gasteiger partial charge is 0.469 e. The van der Waals surface area contributed by atoms with E-state index < -0.39 is 17.9 Å². The normalized spacial score (nSPS) is 15.9. The van der Waals surface area contributed by atoms with Crippen molar-refractivity contribution in [3.63, 3.8) is 0 Å². The van der Waals surface area contributed by atoms with Crippen LogP contribution in [0.3, 0.4) is 0 Å². The predicted molar refractivity (Wildman–Crippen MR) is 158 cm³/mol. The molecule has 4 heterocycles. The Morgan fingerprint density at radius 1 is 1.23 bits per heavy atom. The fourth-order valence-corrected chi connectivity index (χ4v) is 4.79. The van der Waals surface area contributed by atoms with E-state index in [4.69, 9.17) is 32.9 Å². The molecule has 1 aliphatic rings. The molecule has 0 aliphatic carbocycles. The number of carbonyl (C=O) groups excluding carboxylic acids is 3. The second-order valence-electron chi connectivity index (χ2n) is 9.43. The third-order valence-corrected chi connectivity index (χ3v) is 6.91. The van der Waals surface area contributed by atoms with Crippen molar-refractivity contribution >= 4 is 52.7 Å². The van der Waals surface area contributed by atoms with Crippen LogP contribution in [0.1, 0.15) is 42.3 Å². The van der Waals surface area contributed by atoms with Gasteiger partial charge in [-0.15, -0.1) is 5.10 Å². The van der Waals surface area contributed by atoms with Crippen molar-refractivity contribution in [1.29, 1.82) is 0 Å². The van der Waals surface area contributed by atoms with Crippen molar-refractivity contribution in [1.82, 2.24) is 40.5 Å².